The molecule has 0 aliphatic carbocycles. The number of carbonyl (C=O) groups excluding carboxylic acids is 1. The molecule has 0 atom stereocenters. The Balaban J connectivity index is 0.000000638. The fourth-order valence-electron chi connectivity index (χ4n) is 3.70. The Morgan fingerprint density at radius 2 is 1.61 bits per heavy atom. The second-order valence-electron chi connectivity index (χ2n) is 8.84. The summed E-state index contributed by atoms with van der Waals surface area (Å²) in [5.41, 5.74) is 4.29. The monoisotopic (exact) mass is 558 g/mol. The van der Waals surface area contributed by atoms with E-state index < -0.39 is 22.2 Å². The minimum Gasteiger partial charge on any atom is -0.475 e. The highest BCUT2D eigenvalue weighted by Gasteiger charge is 2.38. The van der Waals surface area contributed by atoms with E-state index in [0.29, 0.717) is 23.4 Å². The molecule has 13 heteroatoms. The van der Waals surface area contributed by atoms with Crippen LogP contribution >= 0.6 is 0 Å². The number of piperazine rings is 1. The number of hydrogen-bond donors (Lipinski definition) is 4. The quantitative estimate of drug-likeness (QED) is 0.409. The first kappa shape index (κ1) is 30.9. The molecule has 0 radical (unpaired) electrons. The van der Waals surface area contributed by atoms with Crippen LogP contribution in [0.3, 0.4) is 0 Å². The third-order valence-electron chi connectivity index (χ3n) is 5.82. The van der Waals surface area contributed by atoms with Crippen LogP contribution in [-0.2, 0) is 14.8 Å². The molecule has 2 aromatic rings. The number of sulfonamides is 1. The molecule has 1 amide bonds. The maximum atomic E-state index is 13.3. The molecule has 2 aromatic carbocycles. The van der Waals surface area contributed by atoms with Crippen LogP contribution in [-0.4, -0.2) is 64.3 Å². The highest BCUT2D eigenvalue weighted by Crippen LogP contribution is 2.31. The van der Waals surface area contributed by atoms with E-state index in [0.717, 1.165) is 49.4 Å². The Bertz CT molecular complexity index is 1260. The van der Waals surface area contributed by atoms with Crippen LogP contribution in [0.5, 0.6) is 0 Å². The Morgan fingerprint density at radius 3 is 2.16 bits per heavy atom. The Morgan fingerprint density at radius 1 is 1.03 bits per heavy atom. The van der Waals surface area contributed by atoms with Gasteiger partial charge >= 0.3 is 12.1 Å². The van der Waals surface area contributed by atoms with Gasteiger partial charge in [-0.1, -0.05) is 13.0 Å². The van der Waals surface area contributed by atoms with Crippen molar-refractivity contribution in [3.63, 3.8) is 0 Å². The number of carbonyl (C=O) groups is 2. The molecular formula is C25H33F3N4O5S. The first-order valence-electron chi connectivity index (χ1n) is 12.0. The molecule has 0 saturated carbocycles. The van der Waals surface area contributed by atoms with Crippen molar-refractivity contribution in [2.45, 2.75) is 45.2 Å². The number of nitrogens with zero attached hydrogens (tertiary/aromatic N) is 1. The van der Waals surface area contributed by atoms with Gasteiger partial charge in [-0.05, 0) is 68.1 Å². The van der Waals surface area contributed by atoms with Crippen LogP contribution in [0.1, 0.15) is 40.4 Å². The van der Waals surface area contributed by atoms with Crippen molar-refractivity contribution in [1.29, 1.82) is 0 Å². The zero-order valence-electron chi connectivity index (χ0n) is 21.7. The number of anilines is 2. The van der Waals surface area contributed by atoms with Crippen molar-refractivity contribution in [3.05, 3.63) is 52.6 Å². The number of benzene rings is 2. The molecule has 1 heterocycles. The number of hydrogen-bond acceptors (Lipinski definition) is 6. The fraction of sp³-hybridized carbons (Fsp3) is 0.440. The predicted molar refractivity (Wildman–Crippen MR) is 139 cm³/mol. The number of carboxylic acids is 1. The first-order valence-corrected chi connectivity index (χ1v) is 13.4. The lowest BCUT2D eigenvalue weighted by molar-refractivity contribution is -0.192. The summed E-state index contributed by atoms with van der Waals surface area (Å²) >= 11 is 0. The van der Waals surface area contributed by atoms with Gasteiger partial charge in [0, 0.05) is 38.3 Å². The summed E-state index contributed by atoms with van der Waals surface area (Å²) in [6, 6.07) is 8.81. The molecule has 38 heavy (non-hydrogen) atoms. The van der Waals surface area contributed by atoms with Crippen LogP contribution in [0.15, 0.2) is 35.2 Å². The van der Waals surface area contributed by atoms with Gasteiger partial charge in [-0.3, -0.25) is 9.52 Å². The fourth-order valence-corrected chi connectivity index (χ4v) is 5.08. The smallest absolute Gasteiger partial charge is 0.475 e. The highest BCUT2D eigenvalue weighted by atomic mass is 32.2. The van der Waals surface area contributed by atoms with E-state index in [1.165, 1.54) is 0 Å². The summed E-state index contributed by atoms with van der Waals surface area (Å²) in [5, 5.41) is 13.3. The number of aryl methyl sites for hydroxylation is 3. The van der Waals surface area contributed by atoms with Crippen LogP contribution in [0.25, 0.3) is 0 Å². The highest BCUT2D eigenvalue weighted by molar-refractivity contribution is 7.92. The second-order valence-corrected chi connectivity index (χ2v) is 10.5. The van der Waals surface area contributed by atoms with E-state index in [4.69, 9.17) is 9.90 Å². The maximum Gasteiger partial charge on any atom is 0.490 e. The van der Waals surface area contributed by atoms with E-state index in [1.54, 1.807) is 25.1 Å². The summed E-state index contributed by atoms with van der Waals surface area (Å²) < 4.78 is 61.2. The molecule has 0 unspecified atom stereocenters. The topological polar surface area (TPSA) is 128 Å². The Hall–Kier alpha value is -3.32. The molecule has 0 spiro atoms. The molecular weight excluding hydrogens is 525 g/mol. The molecule has 4 N–H and O–H groups in total. The molecule has 0 bridgehead atoms. The number of amides is 1. The molecule has 0 aromatic heterocycles. The zero-order valence-corrected chi connectivity index (χ0v) is 22.5. The molecule has 1 aliphatic rings. The predicted octanol–water partition coefficient (Wildman–Crippen LogP) is 3.60. The van der Waals surface area contributed by atoms with Gasteiger partial charge in [0.25, 0.3) is 15.9 Å². The van der Waals surface area contributed by atoms with Gasteiger partial charge < -0.3 is 20.6 Å². The van der Waals surface area contributed by atoms with Gasteiger partial charge in [-0.2, -0.15) is 13.2 Å². The number of alkyl halides is 3. The molecule has 3 rings (SSSR count). The van der Waals surface area contributed by atoms with Crippen LogP contribution < -0.4 is 20.3 Å². The van der Waals surface area contributed by atoms with Gasteiger partial charge in [0.2, 0.25) is 0 Å². The second kappa shape index (κ2) is 13.0. The lowest BCUT2D eigenvalue weighted by Gasteiger charge is -2.31. The summed E-state index contributed by atoms with van der Waals surface area (Å²) in [7, 11) is -3.83. The van der Waals surface area contributed by atoms with Crippen molar-refractivity contribution >= 4 is 33.3 Å². The van der Waals surface area contributed by atoms with Crippen molar-refractivity contribution in [1.82, 2.24) is 10.6 Å². The third kappa shape index (κ3) is 8.35. The van der Waals surface area contributed by atoms with E-state index in [9.17, 15) is 26.4 Å². The number of halogens is 3. The number of nitrogens with one attached hydrogen (secondary N) is 3. The number of carboxylic acid groups (broad SMARTS) is 1. The third-order valence-corrected chi connectivity index (χ3v) is 7.33. The van der Waals surface area contributed by atoms with Crippen LogP contribution in [0.4, 0.5) is 24.5 Å². The van der Waals surface area contributed by atoms with Crippen molar-refractivity contribution in [2.75, 3.05) is 42.3 Å². The van der Waals surface area contributed by atoms with Gasteiger partial charge in [0.1, 0.15) is 0 Å². The van der Waals surface area contributed by atoms with E-state index in [-0.39, 0.29) is 10.8 Å². The Kier molecular flexibility index (Phi) is 10.5. The van der Waals surface area contributed by atoms with E-state index in [2.05, 4.69) is 20.3 Å². The van der Waals surface area contributed by atoms with E-state index in [1.807, 2.05) is 32.9 Å². The van der Waals surface area contributed by atoms with Crippen LogP contribution in [0.2, 0.25) is 0 Å². The summed E-state index contributed by atoms with van der Waals surface area (Å²) in [5.74, 6) is -2.97. The number of rotatable bonds is 7. The summed E-state index contributed by atoms with van der Waals surface area (Å²) in [6.45, 7) is 11.4. The average Bonchev–Trinajstić information content (AvgIpc) is 2.84. The zero-order chi connectivity index (χ0) is 28.7. The van der Waals surface area contributed by atoms with Crippen molar-refractivity contribution < 1.29 is 36.3 Å². The van der Waals surface area contributed by atoms with E-state index >= 15 is 0 Å². The summed E-state index contributed by atoms with van der Waals surface area (Å²) in [6.07, 6.45) is -4.25. The maximum absolute atomic E-state index is 13.3. The standard InChI is InChI=1S/C23H32N4O3S.C2HF3O2/c1-5-8-25-23(28)19-6-7-21(27-11-9-24-10-12-27)20(15-19)26-31(29,30)22-14-17(3)16(2)13-18(22)4;3-2(4,5)1(6)7/h6-7,13-15,24,26H,5,8-12H2,1-4H3,(H,25,28);(H,6,7). The van der Waals surface area contributed by atoms with Crippen molar-refractivity contribution in [2.24, 2.45) is 0 Å². The van der Waals surface area contributed by atoms with Gasteiger partial charge in [-0.25, -0.2) is 13.2 Å². The SMILES string of the molecule is CCCNC(=O)c1ccc(N2CCNCC2)c(NS(=O)(=O)c2cc(C)c(C)cc2C)c1.O=C(O)C(F)(F)F. The summed E-state index contributed by atoms with van der Waals surface area (Å²) in [4.78, 5) is 23.8. The Labute approximate surface area is 220 Å². The molecule has 1 saturated heterocycles. The lowest BCUT2D eigenvalue weighted by Crippen LogP contribution is -2.43. The van der Waals surface area contributed by atoms with Gasteiger partial charge in [0.15, 0.2) is 0 Å². The first-order chi connectivity index (χ1) is 17.7. The van der Waals surface area contributed by atoms with Crippen molar-refractivity contribution in [3.8, 4) is 0 Å². The largest absolute Gasteiger partial charge is 0.490 e. The molecule has 1 fully saturated rings. The minimum atomic E-state index is -5.08. The number of aliphatic carboxylic acids is 1. The van der Waals surface area contributed by atoms with Gasteiger partial charge in [0.05, 0.1) is 16.3 Å². The lowest BCUT2D eigenvalue weighted by atomic mass is 10.1. The molecule has 1 aliphatic heterocycles. The normalized spacial score (nSPS) is 13.8. The molecule has 9 nitrogen and oxygen atoms in total. The van der Waals surface area contributed by atoms with Crippen LogP contribution in [0, 0.1) is 20.8 Å². The van der Waals surface area contributed by atoms with Gasteiger partial charge in [-0.15, -0.1) is 0 Å². The average molecular weight is 559 g/mol. The molecule has 210 valence electrons. The minimum absolute atomic E-state index is 0.212.